The first-order valence-electron chi connectivity index (χ1n) is 8.57. The molecule has 0 radical (unpaired) electrons. The van der Waals surface area contributed by atoms with Crippen molar-refractivity contribution < 1.29 is 18.1 Å². The normalized spacial score (nSPS) is 13.2. The van der Waals surface area contributed by atoms with Crippen LogP contribution in [0.25, 0.3) is 0 Å². The number of phosphoric acid groups is 1. The van der Waals surface area contributed by atoms with Crippen molar-refractivity contribution in [3.8, 4) is 0 Å². The summed E-state index contributed by atoms with van der Waals surface area (Å²) in [6, 6.07) is 11.6. The largest absolute Gasteiger partial charge is 0.475 e. The molecule has 4 nitrogen and oxygen atoms in total. The SMILES string of the molecule is C[Si](C)(C)CCOP(=O)(OCC[Si](C)(C)C)OCc1ccccc1. The summed E-state index contributed by atoms with van der Waals surface area (Å²) in [6.45, 7) is 14.7. The van der Waals surface area contributed by atoms with Crippen LogP contribution >= 0.6 is 7.82 Å². The van der Waals surface area contributed by atoms with Gasteiger partial charge in [0.2, 0.25) is 0 Å². The van der Waals surface area contributed by atoms with Crippen LogP contribution in [0.15, 0.2) is 30.3 Å². The second kappa shape index (κ2) is 9.46. The van der Waals surface area contributed by atoms with E-state index in [-0.39, 0.29) is 6.61 Å². The van der Waals surface area contributed by atoms with Crippen molar-refractivity contribution in [1.82, 2.24) is 0 Å². The molecule has 138 valence electrons. The number of hydrogen-bond acceptors (Lipinski definition) is 4. The first-order valence-corrected chi connectivity index (χ1v) is 17.4. The van der Waals surface area contributed by atoms with E-state index < -0.39 is 24.0 Å². The van der Waals surface area contributed by atoms with Gasteiger partial charge in [-0.25, -0.2) is 4.57 Å². The second-order valence-electron chi connectivity index (χ2n) is 8.49. The van der Waals surface area contributed by atoms with Crippen molar-refractivity contribution in [3.05, 3.63) is 35.9 Å². The van der Waals surface area contributed by atoms with Crippen molar-refractivity contribution in [2.45, 2.75) is 58.0 Å². The van der Waals surface area contributed by atoms with Crippen LogP contribution in [-0.4, -0.2) is 29.4 Å². The molecule has 0 saturated carbocycles. The molecule has 0 aliphatic rings. The Balaban J connectivity index is 2.61. The van der Waals surface area contributed by atoms with Crippen molar-refractivity contribution in [1.29, 1.82) is 0 Å². The molecule has 0 N–H and O–H groups in total. The van der Waals surface area contributed by atoms with Crippen LogP contribution in [-0.2, 0) is 24.7 Å². The summed E-state index contributed by atoms with van der Waals surface area (Å²) in [6.07, 6.45) is 0. The lowest BCUT2D eigenvalue weighted by molar-refractivity contribution is 0.116. The summed E-state index contributed by atoms with van der Waals surface area (Å²) in [5, 5.41) is 0. The lowest BCUT2D eigenvalue weighted by Crippen LogP contribution is -2.22. The van der Waals surface area contributed by atoms with Gasteiger partial charge < -0.3 is 0 Å². The maximum absolute atomic E-state index is 12.9. The number of phosphoric ester groups is 1. The quantitative estimate of drug-likeness (QED) is 0.343. The van der Waals surface area contributed by atoms with E-state index in [9.17, 15) is 4.57 Å². The summed E-state index contributed by atoms with van der Waals surface area (Å²) < 4.78 is 29.7. The van der Waals surface area contributed by atoms with Gasteiger partial charge in [0.1, 0.15) is 0 Å². The molecule has 7 heteroatoms. The highest BCUT2D eigenvalue weighted by Gasteiger charge is 2.29. The zero-order chi connectivity index (χ0) is 18.3. The zero-order valence-electron chi connectivity index (χ0n) is 16.0. The summed E-state index contributed by atoms with van der Waals surface area (Å²) in [5.74, 6) is 0. The minimum atomic E-state index is -3.51. The molecule has 1 rings (SSSR count). The van der Waals surface area contributed by atoms with Gasteiger partial charge in [0.25, 0.3) is 0 Å². The molecule has 0 atom stereocenters. The summed E-state index contributed by atoms with van der Waals surface area (Å²) in [4.78, 5) is 0. The van der Waals surface area contributed by atoms with Crippen LogP contribution in [0, 0.1) is 0 Å². The van der Waals surface area contributed by atoms with E-state index in [4.69, 9.17) is 13.6 Å². The Kier molecular flexibility index (Phi) is 8.59. The molecular formula is C17H33O4PSi2. The highest BCUT2D eigenvalue weighted by atomic mass is 31.2. The van der Waals surface area contributed by atoms with E-state index in [1.54, 1.807) is 0 Å². The number of hydrogen-bond donors (Lipinski definition) is 0. The van der Waals surface area contributed by atoms with Crippen LogP contribution in [0.1, 0.15) is 5.56 Å². The highest BCUT2D eigenvalue weighted by Crippen LogP contribution is 2.50. The Morgan fingerprint density at radius 2 is 1.25 bits per heavy atom. The van der Waals surface area contributed by atoms with E-state index in [1.165, 1.54) is 0 Å². The smallest absolute Gasteiger partial charge is 0.287 e. The zero-order valence-corrected chi connectivity index (χ0v) is 18.9. The minimum absolute atomic E-state index is 0.234. The average Bonchev–Trinajstić information content (AvgIpc) is 2.44. The number of rotatable bonds is 11. The van der Waals surface area contributed by atoms with Gasteiger partial charge >= 0.3 is 7.82 Å². The molecule has 0 heterocycles. The van der Waals surface area contributed by atoms with E-state index in [2.05, 4.69) is 39.3 Å². The molecular weight excluding hydrogens is 355 g/mol. The predicted octanol–water partition coefficient (Wildman–Crippen LogP) is 6.02. The minimum Gasteiger partial charge on any atom is -0.287 e. The Labute approximate surface area is 149 Å². The average molecular weight is 389 g/mol. The lowest BCUT2D eigenvalue weighted by atomic mass is 10.2. The summed E-state index contributed by atoms with van der Waals surface area (Å²) in [7, 11) is -6.02. The molecule has 0 fully saturated rings. The van der Waals surface area contributed by atoms with E-state index in [1.807, 2.05) is 30.3 Å². The molecule has 1 aromatic rings. The monoisotopic (exact) mass is 388 g/mol. The Morgan fingerprint density at radius 3 is 1.67 bits per heavy atom. The van der Waals surface area contributed by atoms with Gasteiger partial charge in [-0.3, -0.25) is 13.6 Å². The molecule has 0 unspecified atom stereocenters. The maximum Gasteiger partial charge on any atom is 0.475 e. The van der Waals surface area contributed by atoms with Gasteiger partial charge in [0, 0.05) is 16.1 Å². The third kappa shape index (κ3) is 10.6. The van der Waals surface area contributed by atoms with E-state index in [0.29, 0.717) is 13.2 Å². The van der Waals surface area contributed by atoms with E-state index >= 15 is 0 Å². The molecule has 24 heavy (non-hydrogen) atoms. The first kappa shape index (κ1) is 21.8. The van der Waals surface area contributed by atoms with E-state index in [0.717, 1.165) is 17.7 Å². The van der Waals surface area contributed by atoms with Crippen molar-refractivity contribution in [2.24, 2.45) is 0 Å². The predicted molar refractivity (Wildman–Crippen MR) is 107 cm³/mol. The molecule has 0 aliphatic heterocycles. The molecule has 0 amide bonds. The fraction of sp³-hybridized carbons (Fsp3) is 0.647. The van der Waals surface area contributed by atoms with Gasteiger partial charge in [-0.1, -0.05) is 69.6 Å². The molecule has 0 aromatic heterocycles. The highest BCUT2D eigenvalue weighted by molar-refractivity contribution is 7.48. The van der Waals surface area contributed by atoms with Gasteiger partial charge in [-0.15, -0.1) is 0 Å². The summed E-state index contributed by atoms with van der Waals surface area (Å²) >= 11 is 0. The standard InChI is InChI=1S/C17H33O4PSi2/c1-23(2,3)14-12-19-22(18,20-13-15-24(4,5)6)21-16-17-10-8-7-9-11-17/h7-11H,12-16H2,1-6H3. The fourth-order valence-corrected chi connectivity index (χ4v) is 4.70. The van der Waals surface area contributed by atoms with Crippen LogP contribution in [0.4, 0.5) is 0 Å². The summed E-state index contributed by atoms with van der Waals surface area (Å²) in [5.41, 5.74) is 0.959. The van der Waals surface area contributed by atoms with Gasteiger partial charge in [0.05, 0.1) is 19.8 Å². The topological polar surface area (TPSA) is 44.8 Å². The van der Waals surface area contributed by atoms with Gasteiger partial charge in [-0.2, -0.15) is 0 Å². The van der Waals surface area contributed by atoms with Crippen LogP contribution in [0.5, 0.6) is 0 Å². The van der Waals surface area contributed by atoms with Crippen molar-refractivity contribution in [2.75, 3.05) is 13.2 Å². The molecule has 1 aromatic carbocycles. The van der Waals surface area contributed by atoms with Gasteiger partial charge in [0.15, 0.2) is 0 Å². The lowest BCUT2D eigenvalue weighted by Gasteiger charge is -2.22. The molecule has 0 bridgehead atoms. The first-order chi connectivity index (χ1) is 11.0. The molecule has 0 spiro atoms. The molecule has 0 saturated heterocycles. The second-order valence-corrected chi connectivity index (χ2v) is 21.4. The van der Waals surface area contributed by atoms with Gasteiger partial charge in [-0.05, 0) is 17.7 Å². The van der Waals surface area contributed by atoms with Crippen molar-refractivity contribution in [3.63, 3.8) is 0 Å². The number of benzene rings is 1. The van der Waals surface area contributed by atoms with Crippen LogP contribution in [0.2, 0.25) is 51.4 Å². The Morgan fingerprint density at radius 1 is 0.792 bits per heavy atom. The Bertz CT molecular complexity index is 500. The third-order valence-corrected chi connectivity index (χ3v) is 8.29. The fourth-order valence-electron chi connectivity index (χ4n) is 1.77. The Hall–Kier alpha value is -0.236. The van der Waals surface area contributed by atoms with Crippen LogP contribution < -0.4 is 0 Å². The van der Waals surface area contributed by atoms with Crippen molar-refractivity contribution >= 4 is 24.0 Å². The third-order valence-electron chi connectivity index (χ3n) is 3.44. The molecule has 0 aliphatic carbocycles. The van der Waals surface area contributed by atoms with Crippen LogP contribution in [0.3, 0.4) is 0 Å². The maximum atomic E-state index is 12.9.